The number of rotatable bonds is 3. The minimum atomic E-state index is -1.04. The van der Waals surface area contributed by atoms with Crippen molar-refractivity contribution in [1.29, 1.82) is 0 Å². The van der Waals surface area contributed by atoms with Gasteiger partial charge in [-0.25, -0.2) is 0 Å². The number of aryl methyl sites for hydroxylation is 1. The van der Waals surface area contributed by atoms with Gasteiger partial charge in [0, 0.05) is 34.6 Å². The van der Waals surface area contributed by atoms with E-state index in [9.17, 15) is 4.55 Å². The van der Waals surface area contributed by atoms with E-state index in [1.54, 1.807) is 0 Å². The lowest BCUT2D eigenvalue weighted by molar-refractivity contribution is 0.590. The summed E-state index contributed by atoms with van der Waals surface area (Å²) in [6.07, 6.45) is 2.81. The summed E-state index contributed by atoms with van der Waals surface area (Å²) in [5.41, 5.74) is 3.72. The third-order valence-electron chi connectivity index (χ3n) is 3.55. The molecule has 0 aliphatic carbocycles. The molecule has 2 aromatic carbocycles. The van der Waals surface area contributed by atoms with Gasteiger partial charge in [0.2, 0.25) is 0 Å². The van der Waals surface area contributed by atoms with E-state index in [0.717, 1.165) is 29.1 Å². The molecule has 0 aromatic heterocycles. The van der Waals surface area contributed by atoms with Gasteiger partial charge in [0.15, 0.2) is 9.79 Å². The van der Waals surface area contributed by atoms with Gasteiger partial charge in [-0.05, 0) is 30.5 Å². The number of alkyl halides is 1. The molecule has 1 aliphatic rings. The Kier molecular flexibility index (Phi) is 3.83. The molecule has 19 heavy (non-hydrogen) atoms. The Balaban J connectivity index is 2.04. The molecular weight excluding hydrogens is 276 g/mol. The molecule has 0 saturated heterocycles. The van der Waals surface area contributed by atoms with Crippen LogP contribution in [-0.4, -0.2) is 10.4 Å². The maximum absolute atomic E-state index is 12.6. The Bertz CT molecular complexity index is 597. The highest BCUT2D eigenvalue weighted by atomic mass is 35.5. The van der Waals surface area contributed by atoms with Crippen LogP contribution in [0.5, 0.6) is 0 Å². The molecule has 1 heterocycles. The second kappa shape index (κ2) is 5.58. The molecule has 1 unspecified atom stereocenters. The van der Waals surface area contributed by atoms with E-state index in [1.807, 2.05) is 30.3 Å². The van der Waals surface area contributed by atoms with Gasteiger partial charge in [-0.2, -0.15) is 0 Å². The average Bonchev–Trinajstić information content (AvgIpc) is 2.46. The van der Waals surface area contributed by atoms with Crippen LogP contribution in [0, 0.1) is 0 Å². The summed E-state index contributed by atoms with van der Waals surface area (Å²) in [4.78, 5) is 1.94. The van der Waals surface area contributed by atoms with Crippen LogP contribution in [0.4, 0.5) is 0 Å². The van der Waals surface area contributed by atoms with Gasteiger partial charge in [0.25, 0.3) is 0 Å². The standard InChI is InChI=1S/C16H15ClOS/c17-10-4-7-12-6-3-9-16-14(12)11-13-5-1-2-8-15(13)19(16)18/h1-3,5-6,8-9H,4,7,10-11H2. The van der Waals surface area contributed by atoms with Crippen molar-refractivity contribution in [2.24, 2.45) is 0 Å². The third-order valence-corrected chi connectivity index (χ3v) is 5.40. The average molecular weight is 291 g/mol. The Morgan fingerprint density at radius 1 is 1.05 bits per heavy atom. The molecule has 2 aromatic rings. The minimum Gasteiger partial charge on any atom is -0.606 e. The van der Waals surface area contributed by atoms with E-state index in [2.05, 4.69) is 12.1 Å². The number of fused-ring (bicyclic) bond motifs is 2. The van der Waals surface area contributed by atoms with E-state index < -0.39 is 11.2 Å². The lowest BCUT2D eigenvalue weighted by atomic mass is 9.96. The topological polar surface area (TPSA) is 23.1 Å². The van der Waals surface area contributed by atoms with E-state index in [0.29, 0.717) is 5.88 Å². The maximum Gasteiger partial charge on any atom is 0.162 e. The molecule has 0 fully saturated rings. The molecule has 1 aliphatic heterocycles. The molecule has 3 rings (SSSR count). The van der Waals surface area contributed by atoms with Crippen molar-refractivity contribution in [3.63, 3.8) is 0 Å². The third kappa shape index (κ3) is 2.40. The zero-order valence-corrected chi connectivity index (χ0v) is 12.1. The van der Waals surface area contributed by atoms with Crippen LogP contribution in [0.2, 0.25) is 0 Å². The van der Waals surface area contributed by atoms with Crippen molar-refractivity contribution in [2.75, 3.05) is 5.88 Å². The molecule has 0 saturated carbocycles. The van der Waals surface area contributed by atoms with Crippen LogP contribution in [0.25, 0.3) is 0 Å². The van der Waals surface area contributed by atoms with E-state index in [1.165, 1.54) is 16.7 Å². The van der Waals surface area contributed by atoms with E-state index in [4.69, 9.17) is 11.6 Å². The maximum atomic E-state index is 12.6. The zero-order chi connectivity index (χ0) is 13.2. The summed E-state index contributed by atoms with van der Waals surface area (Å²) < 4.78 is 12.6. The van der Waals surface area contributed by atoms with Crippen LogP contribution in [-0.2, 0) is 24.0 Å². The monoisotopic (exact) mass is 290 g/mol. The van der Waals surface area contributed by atoms with Gasteiger partial charge >= 0.3 is 0 Å². The smallest absolute Gasteiger partial charge is 0.162 e. The molecule has 1 nitrogen and oxygen atoms in total. The Hall–Kier alpha value is -0.960. The Morgan fingerprint density at radius 3 is 2.68 bits per heavy atom. The molecule has 0 radical (unpaired) electrons. The van der Waals surface area contributed by atoms with Crippen LogP contribution in [0.1, 0.15) is 23.1 Å². The van der Waals surface area contributed by atoms with Crippen LogP contribution < -0.4 is 0 Å². The van der Waals surface area contributed by atoms with Gasteiger partial charge in [-0.3, -0.25) is 0 Å². The molecular formula is C16H15ClOS. The van der Waals surface area contributed by atoms with Crippen LogP contribution >= 0.6 is 11.6 Å². The summed E-state index contributed by atoms with van der Waals surface area (Å²) in [5, 5.41) is 0. The van der Waals surface area contributed by atoms with Crippen molar-refractivity contribution >= 4 is 22.8 Å². The highest BCUT2D eigenvalue weighted by molar-refractivity contribution is 7.91. The molecule has 0 amide bonds. The Labute approximate surface area is 121 Å². The minimum absolute atomic E-state index is 0.670. The number of halogens is 1. The highest BCUT2D eigenvalue weighted by Crippen LogP contribution is 2.36. The van der Waals surface area contributed by atoms with Crippen LogP contribution in [0.3, 0.4) is 0 Å². The molecule has 0 spiro atoms. The first-order chi connectivity index (χ1) is 9.31. The highest BCUT2D eigenvalue weighted by Gasteiger charge is 2.29. The fourth-order valence-corrected chi connectivity index (χ4v) is 4.20. The lowest BCUT2D eigenvalue weighted by Gasteiger charge is -2.23. The number of hydrogen-bond acceptors (Lipinski definition) is 1. The van der Waals surface area contributed by atoms with Crippen molar-refractivity contribution in [1.82, 2.24) is 0 Å². The number of hydrogen-bond donors (Lipinski definition) is 0. The first-order valence-electron chi connectivity index (χ1n) is 6.47. The van der Waals surface area contributed by atoms with Gasteiger partial charge < -0.3 is 4.55 Å². The molecule has 3 heteroatoms. The van der Waals surface area contributed by atoms with Crippen molar-refractivity contribution < 1.29 is 4.55 Å². The van der Waals surface area contributed by atoms with Crippen molar-refractivity contribution in [2.45, 2.75) is 29.1 Å². The van der Waals surface area contributed by atoms with Crippen molar-refractivity contribution in [3.05, 3.63) is 59.2 Å². The largest absolute Gasteiger partial charge is 0.606 e. The predicted molar refractivity (Wildman–Crippen MR) is 79.4 cm³/mol. The molecule has 1 atom stereocenters. The fourth-order valence-electron chi connectivity index (χ4n) is 2.62. The predicted octanol–water partition coefficient (Wildman–Crippen LogP) is 3.93. The van der Waals surface area contributed by atoms with E-state index in [-0.39, 0.29) is 0 Å². The summed E-state index contributed by atoms with van der Waals surface area (Å²) in [6.45, 7) is 0. The molecule has 98 valence electrons. The first kappa shape index (κ1) is 13.0. The normalized spacial score (nSPS) is 16.8. The second-order valence-electron chi connectivity index (χ2n) is 4.74. The van der Waals surface area contributed by atoms with Crippen molar-refractivity contribution in [3.8, 4) is 0 Å². The first-order valence-corrected chi connectivity index (χ1v) is 8.16. The molecule has 0 N–H and O–H groups in total. The summed E-state index contributed by atoms with van der Waals surface area (Å²) in [5.74, 6) is 0.670. The van der Waals surface area contributed by atoms with E-state index >= 15 is 0 Å². The van der Waals surface area contributed by atoms with Crippen LogP contribution in [0.15, 0.2) is 52.3 Å². The SMILES string of the molecule is [O-][S+]1c2ccccc2Cc2c(CCCCl)cccc21. The summed E-state index contributed by atoms with van der Waals surface area (Å²) in [6, 6.07) is 14.2. The second-order valence-corrected chi connectivity index (χ2v) is 6.53. The van der Waals surface area contributed by atoms with Gasteiger partial charge in [-0.1, -0.05) is 30.3 Å². The van der Waals surface area contributed by atoms with Gasteiger partial charge in [-0.15, -0.1) is 11.6 Å². The summed E-state index contributed by atoms with van der Waals surface area (Å²) in [7, 11) is 0. The molecule has 0 bridgehead atoms. The summed E-state index contributed by atoms with van der Waals surface area (Å²) >= 11 is 4.75. The van der Waals surface area contributed by atoms with Gasteiger partial charge in [0.05, 0.1) is 0 Å². The van der Waals surface area contributed by atoms with Gasteiger partial charge in [0.1, 0.15) is 0 Å². The number of benzene rings is 2. The fraction of sp³-hybridized carbons (Fsp3) is 0.250. The quantitative estimate of drug-likeness (QED) is 0.620. The Morgan fingerprint density at radius 2 is 1.84 bits per heavy atom. The lowest BCUT2D eigenvalue weighted by Crippen LogP contribution is -2.16. The zero-order valence-electron chi connectivity index (χ0n) is 10.6.